The van der Waals surface area contributed by atoms with Crippen LogP contribution < -0.4 is 0 Å². The molecule has 5 heterocycles. The third-order valence-electron chi connectivity index (χ3n) is 14.4. The van der Waals surface area contributed by atoms with Crippen molar-refractivity contribution in [2.45, 2.75) is 199 Å². The Labute approximate surface area is 317 Å². The number of aliphatic carboxylic acids is 1. The van der Waals surface area contributed by atoms with Crippen LogP contribution in [0.1, 0.15) is 133 Å². The summed E-state index contributed by atoms with van der Waals surface area (Å²) in [6, 6.07) is 0. The number of carboxylic acids is 1. The Bertz CT molecular complexity index is 1320. The van der Waals surface area contributed by atoms with Gasteiger partial charge in [0.1, 0.15) is 11.9 Å². The average molecular weight is 751 g/mol. The smallest absolute Gasteiger partial charge is 0.309 e. The summed E-state index contributed by atoms with van der Waals surface area (Å²) in [6.45, 7) is 19.6. The van der Waals surface area contributed by atoms with Crippen LogP contribution in [0.4, 0.5) is 0 Å². The van der Waals surface area contributed by atoms with E-state index in [-0.39, 0.29) is 41.8 Å². The standard InChI is InChI=1S/C42H70O11/c1-11-29(38(46)47)31-15-14-23(4)36(50-31)27(8)34(44)26(7)35(45)30(12-2)37-24(5)22-25(6)41(51-37)19-16-32(43)42(53-41)21-20-39(10,52-42)33-17-18-40(48,13-3)28(9)49-33/h16,19,23-34,36-37,43-44,48H,11-15,17-18,20-22H2,1-10H3,(H,46,47)/t23-,24-,25+,26-,27-,28-,29+,30-,31+,32+,33+,34+,36+,37?,39-,40+,41?,42-/m0/s1. The van der Waals surface area contributed by atoms with Gasteiger partial charge in [-0.2, -0.15) is 0 Å². The lowest BCUT2D eigenvalue weighted by Gasteiger charge is -2.54. The number of hydrogen-bond acceptors (Lipinski definition) is 10. The molecule has 5 rings (SSSR count). The highest BCUT2D eigenvalue weighted by Crippen LogP contribution is 2.54. The highest BCUT2D eigenvalue weighted by molar-refractivity contribution is 5.84. The molecule has 2 spiro atoms. The van der Waals surface area contributed by atoms with Gasteiger partial charge in [-0.15, -0.1) is 0 Å². The van der Waals surface area contributed by atoms with E-state index in [4.69, 9.17) is 23.7 Å². The first-order valence-electron chi connectivity index (χ1n) is 20.7. The van der Waals surface area contributed by atoms with Crippen LogP contribution in [-0.4, -0.2) is 97.7 Å². The van der Waals surface area contributed by atoms with Crippen molar-refractivity contribution in [3.05, 3.63) is 12.2 Å². The number of rotatable bonds is 12. The molecule has 4 fully saturated rings. The molecular formula is C42H70O11. The molecule has 0 radical (unpaired) electrons. The monoisotopic (exact) mass is 750 g/mol. The lowest BCUT2D eigenvalue weighted by molar-refractivity contribution is -0.409. The fourth-order valence-corrected chi connectivity index (χ4v) is 10.5. The number of aliphatic hydroxyl groups is 3. The van der Waals surface area contributed by atoms with Crippen LogP contribution in [0.15, 0.2) is 12.2 Å². The Morgan fingerprint density at radius 1 is 0.887 bits per heavy atom. The van der Waals surface area contributed by atoms with Gasteiger partial charge in [0, 0.05) is 30.1 Å². The zero-order chi connectivity index (χ0) is 39.3. The maximum Gasteiger partial charge on any atom is 0.309 e. The van der Waals surface area contributed by atoms with Crippen LogP contribution in [0, 0.1) is 41.4 Å². The number of Topliss-reactive ketones (excluding diaryl/α,β-unsaturated/α-hetero) is 1. The lowest BCUT2D eigenvalue weighted by Crippen LogP contribution is -2.63. The first-order chi connectivity index (χ1) is 24.8. The van der Waals surface area contributed by atoms with E-state index >= 15 is 0 Å². The number of aliphatic hydroxyl groups excluding tert-OH is 2. The van der Waals surface area contributed by atoms with Crippen LogP contribution >= 0.6 is 0 Å². The Balaban J connectivity index is 1.31. The maximum absolute atomic E-state index is 14.4. The van der Waals surface area contributed by atoms with Crippen LogP contribution in [-0.2, 0) is 33.3 Å². The molecule has 18 atom stereocenters. The van der Waals surface area contributed by atoms with Crippen molar-refractivity contribution in [3.8, 4) is 0 Å². The number of carboxylic acid groups (broad SMARTS) is 1. The molecule has 0 saturated carbocycles. The van der Waals surface area contributed by atoms with Crippen molar-refractivity contribution in [3.63, 3.8) is 0 Å². The minimum atomic E-state index is -1.37. The van der Waals surface area contributed by atoms with E-state index in [0.29, 0.717) is 57.8 Å². The number of ether oxygens (including phenoxy) is 5. The molecule has 2 unspecified atom stereocenters. The van der Waals surface area contributed by atoms with Gasteiger partial charge in [-0.05, 0) is 95.6 Å². The Morgan fingerprint density at radius 2 is 1.57 bits per heavy atom. The lowest BCUT2D eigenvalue weighted by atomic mass is 9.72. The third-order valence-corrected chi connectivity index (χ3v) is 14.4. The van der Waals surface area contributed by atoms with Crippen LogP contribution in [0.3, 0.4) is 0 Å². The molecule has 0 aromatic carbocycles. The first kappa shape index (κ1) is 42.7. The van der Waals surface area contributed by atoms with E-state index in [1.807, 2.05) is 41.5 Å². The summed E-state index contributed by atoms with van der Waals surface area (Å²) in [6.07, 6.45) is 5.51. The quantitative estimate of drug-likeness (QED) is 0.169. The normalized spacial score (nSPS) is 46.2. The Morgan fingerprint density at radius 3 is 2.17 bits per heavy atom. The van der Waals surface area contributed by atoms with Gasteiger partial charge >= 0.3 is 5.97 Å². The second-order valence-corrected chi connectivity index (χ2v) is 17.9. The largest absolute Gasteiger partial charge is 0.481 e. The number of carbonyl (C=O) groups is 2. The molecule has 4 N–H and O–H groups in total. The second-order valence-electron chi connectivity index (χ2n) is 17.9. The van der Waals surface area contributed by atoms with E-state index in [1.165, 1.54) is 0 Å². The maximum atomic E-state index is 14.4. The molecule has 11 nitrogen and oxygen atoms in total. The molecule has 5 aliphatic rings. The minimum absolute atomic E-state index is 0.0137. The van der Waals surface area contributed by atoms with Crippen molar-refractivity contribution in [2.75, 3.05) is 0 Å². The summed E-state index contributed by atoms with van der Waals surface area (Å²) in [5, 5.41) is 44.0. The Kier molecular flexibility index (Phi) is 13.0. The van der Waals surface area contributed by atoms with Crippen molar-refractivity contribution < 1.29 is 53.7 Å². The summed E-state index contributed by atoms with van der Waals surface area (Å²) >= 11 is 0. The van der Waals surface area contributed by atoms with E-state index in [2.05, 4.69) is 20.8 Å². The number of ketones is 1. The summed E-state index contributed by atoms with van der Waals surface area (Å²) in [5.74, 6) is -5.78. The fraction of sp³-hybridized carbons (Fsp3) is 0.905. The fourth-order valence-electron chi connectivity index (χ4n) is 10.5. The average Bonchev–Trinajstić information content (AvgIpc) is 3.47. The molecule has 0 aromatic heterocycles. The Hall–Kier alpha value is -1.44. The van der Waals surface area contributed by atoms with Crippen LogP contribution in [0.25, 0.3) is 0 Å². The molecule has 4 saturated heterocycles. The molecule has 5 aliphatic heterocycles. The second kappa shape index (κ2) is 16.2. The molecule has 11 heteroatoms. The predicted molar refractivity (Wildman–Crippen MR) is 199 cm³/mol. The minimum Gasteiger partial charge on any atom is -0.481 e. The van der Waals surface area contributed by atoms with Gasteiger partial charge in [-0.25, -0.2) is 0 Å². The highest BCUT2D eigenvalue weighted by atomic mass is 16.8. The van der Waals surface area contributed by atoms with E-state index in [1.54, 1.807) is 19.1 Å². The van der Waals surface area contributed by atoms with Crippen molar-refractivity contribution in [2.24, 2.45) is 41.4 Å². The zero-order valence-corrected chi connectivity index (χ0v) is 34.0. The van der Waals surface area contributed by atoms with Crippen LogP contribution in [0.2, 0.25) is 0 Å². The van der Waals surface area contributed by atoms with Gasteiger partial charge < -0.3 is 44.1 Å². The van der Waals surface area contributed by atoms with Crippen molar-refractivity contribution in [1.29, 1.82) is 0 Å². The van der Waals surface area contributed by atoms with Crippen molar-refractivity contribution >= 4 is 11.8 Å². The zero-order valence-electron chi connectivity index (χ0n) is 34.0. The van der Waals surface area contributed by atoms with E-state index in [0.717, 1.165) is 6.42 Å². The summed E-state index contributed by atoms with van der Waals surface area (Å²) in [4.78, 5) is 26.4. The van der Waals surface area contributed by atoms with Gasteiger partial charge in [0.2, 0.25) is 5.79 Å². The predicted octanol–water partition coefficient (Wildman–Crippen LogP) is 6.19. The van der Waals surface area contributed by atoms with Crippen molar-refractivity contribution in [1.82, 2.24) is 0 Å². The molecular weight excluding hydrogens is 680 g/mol. The molecule has 0 amide bonds. The van der Waals surface area contributed by atoms with Gasteiger partial charge in [-0.3, -0.25) is 9.59 Å². The molecule has 0 aromatic rings. The summed E-state index contributed by atoms with van der Waals surface area (Å²) in [5.41, 5.74) is -1.63. The van der Waals surface area contributed by atoms with E-state index < -0.39 is 76.8 Å². The molecule has 304 valence electrons. The first-order valence-corrected chi connectivity index (χ1v) is 20.7. The van der Waals surface area contributed by atoms with Crippen LogP contribution in [0.5, 0.6) is 0 Å². The SMILES string of the molecule is CC[C@@H](C(=O)[C@@H](C)[C@@H](O)[C@H](C)[C@@H]1O[C@@H]([C@@H](CC)C(=O)O)CC[C@@H]1C)C1OC2(C=C[C@@H](O)[C@]3(CC[C@@](C)([C@H]4CC[C@](O)(CC)[C@H](C)O4)O3)O2)[C@H](C)C[C@@H]1C. The number of hydrogen-bond donors (Lipinski definition) is 4. The topological polar surface area (TPSA) is 161 Å². The summed E-state index contributed by atoms with van der Waals surface area (Å²) in [7, 11) is 0. The molecule has 0 bridgehead atoms. The molecule has 0 aliphatic carbocycles. The highest BCUT2D eigenvalue weighted by Gasteiger charge is 2.63. The van der Waals surface area contributed by atoms with Gasteiger partial charge in [0.15, 0.2) is 5.79 Å². The van der Waals surface area contributed by atoms with Gasteiger partial charge in [0.05, 0.1) is 53.7 Å². The van der Waals surface area contributed by atoms with Gasteiger partial charge in [0.25, 0.3) is 0 Å². The summed E-state index contributed by atoms with van der Waals surface area (Å²) < 4.78 is 33.5. The number of carbonyl (C=O) groups excluding carboxylic acids is 1. The van der Waals surface area contributed by atoms with Gasteiger partial charge in [-0.1, -0.05) is 55.4 Å². The molecule has 53 heavy (non-hydrogen) atoms. The third kappa shape index (κ3) is 7.94. The van der Waals surface area contributed by atoms with E-state index in [9.17, 15) is 30.0 Å².